The Kier molecular flexibility index (Phi) is 5.09. The fourth-order valence-corrected chi connectivity index (χ4v) is 2.33. The van der Waals surface area contributed by atoms with Gasteiger partial charge in [0.25, 0.3) is 0 Å². The van der Waals surface area contributed by atoms with Crippen LogP contribution in [-0.4, -0.2) is 26.2 Å². The molecule has 5 heteroatoms. The molecule has 2 aromatic rings. The Morgan fingerprint density at radius 1 is 1.30 bits per heavy atom. The second-order valence-electron chi connectivity index (χ2n) is 5.30. The predicted octanol–water partition coefficient (Wildman–Crippen LogP) is 3.35. The lowest BCUT2D eigenvalue weighted by atomic mass is 10.1. The van der Waals surface area contributed by atoms with Gasteiger partial charge in [-0.1, -0.05) is 26.2 Å². The van der Waals surface area contributed by atoms with Gasteiger partial charge in [-0.05, 0) is 54.5 Å². The smallest absolute Gasteiger partial charge is 0.143 e. The largest absolute Gasteiger partial charge is 0.383 e. The van der Waals surface area contributed by atoms with Crippen molar-refractivity contribution >= 4 is 5.69 Å². The summed E-state index contributed by atoms with van der Waals surface area (Å²) in [6, 6.07) is 6.78. The Balaban J connectivity index is 1.99. The van der Waals surface area contributed by atoms with Crippen LogP contribution < -0.4 is 5.32 Å². The summed E-state index contributed by atoms with van der Waals surface area (Å²) in [6.45, 7) is 6.55. The van der Waals surface area contributed by atoms with E-state index in [1.54, 1.807) is 11.0 Å². The molecule has 1 N–H and O–H groups in total. The summed E-state index contributed by atoms with van der Waals surface area (Å²) >= 11 is 0. The predicted molar refractivity (Wildman–Crippen MR) is 81.1 cm³/mol. The van der Waals surface area contributed by atoms with Gasteiger partial charge in [0.05, 0.1) is 5.69 Å². The topological polar surface area (TPSA) is 55.6 Å². The van der Waals surface area contributed by atoms with E-state index in [-0.39, 0.29) is 0 Å². The van der Waals surface area contributed by atoms with Crippen molar-refractivity contribution in [1.82, 2.24) is 20.2 Å². The van der Waals surface area contributed by atoms with Crippen LogP contribution in [0.1, 0.15) is 45.1 Å². The van der Waals surface area contributed by atoms with Gasteiger partial charge in [0.15, 0.2) is 0 Å². The molecule has 1 aromatic carbocycles. The minimum Gasteiger partial charge on any atom is -0.383 e. The molecule has 0 amide bonds. The van der Waals surface area contributed by atoms with Crippen molar-refractivity contribution < 1.29 is 0 Å². The van der Waals surface area contributed by atoms with E-state index in [2.05, 4.69) is 53.7 Å². The zero-order valence-electron chi connectivity index (χ0n) is 12.5. The van der Waals surface area contributed by atoms with E-state index in [0.29, 0.717) is 6.04 Å². The number of hydrogen-bond acceptors (Lipinski definition) is 4. The maximum absolute atomic E-state index is 3.92. The first-order valence-electron chi connectivity index (χ1n) is 7.31. The van der Waals surface area contributed by atoms with Gasteiger partial charge in [0.2, 0.25) is 0 Å². The van der Waals surface area contributed by atoms with Crippen molar-refractivity contribution in [2.45, 2.75) is 52.5 Å². The Morgan fingerprint density at radius 3 is 2.80 bits per heavy atom. The number of unbranched alkanes of at least 4 members (excludes halogenated alkanes) is 2. The lowest BCUT2D eigenvalue weighted by Gasteiger charge is -2.16. The van der Waals surface area contributed by atoms with Crippen LogP contribution in [0, 0.1) is 6.92 Å². The van der Waals surface area contributed by atoms with E-state index in [4.69, 9.17) is 0 Å². The molecule has 0 saturated carbocycles. The molecule has 0 aliphatic carbocycles. The lowest BCUT2D eigenvalue weighted by molar-refractivity contribution is 0.615. The first-order chi connectivity index (χ1) is 9.70. The molecule has 0 bridgehead atoms. The van der Waals surface area contributed by atoms with E-state index in [1.807, 2.05) is 6.07 Å². The highest BCUT2D eigenvalue weighted by molar-refractivity contribution is 5.53. The first-order valence-corrected chi connectivity index (χ1v) is 7.31. The number of hydrogen-bond donors (Lipinski definition) is 1. The van der Waals surface area contributed by atoms with Gasteiger partial charge in [0.1, 0.15) is 6.33 Å². The molecule has 0 saturated heterocycles. The number of nitrogens with one attached hydrogen (secondary N) is 1. The minimum absolute atomic E-state index is 0.500. The molecule has 0 aliphatic heterocycles. The van der Waals surface area contributed by atoms with Crippen LogP contribution >= 0.6 is 0 Å². The third kappa shape index (κ3) is 3.79. The van der Waals surface area contributed by atoms with Crippen LogP contribution in [0.2, 0.25) is 0 Å². The summed E-state index contributed by atoms with van der Waals surface area (Å²) < 4.78 is 1.68. The van der Waals surface area contributed by atoms with Gasteiger partial charge in [-0.2, -0.15) is 0 Å². The van der Waals surface area contributed by atoms with E-state index < -0.39 is 0 Å². The summed E-state index contributed by atoms with van der Waals surface area (Å²) in [6.07, 6.45) is 6.69. The Labute approximate surface area is 120 Å². The highest BCUT2D eigenvalue weighted by Crippen LogP contribution is 2.19. The molecule has 0 fully saturated rings. The molecule has 0 spiro atoms. The molecule has 2 rings (SSSR count). The number of aromatic nitrogens is 4. The number of anilines is 1. The molecule has 5 nitrogen and oxygen atoms in total. The van der Waals surface area contributed by atoms with Crippen molar-refractivity contribution in [3.8, 4) is 5.69 Å². The quantitative estimate of drug-likeness (QED) is 0.786. The maximum Gasteiger partial charge on any atom is 0.143 e. The van der Waals surface area contributed by atoms with Gasteiger partial charge >= 0.3 is 0 Å². The molecule has 20 heavy (non-hydrogen) atoms. The van der Waals surface area contributed by atoms with E-state index in [1.165, 1.54) is 25.7 Å². The van der Waals surface area contributed by atoms with Crippen LogP contribution in [0.3, 0.4) is 0 Å². The molecule has 1 unspecified atom stereocenters. The number of benzene rings is 1. The highest BCUT2D eigenvalue weighted by atomic mass is 15.5. The maximum atomic E-state index is 3.92. The Hall–Kier alpha value is -1.91. The zero-order valence-corrected chi connectivity index (χ0v) is 12.5. The second kappa shape index (κ2) is 7.03. The Morgan fingerprint density at radius 2 is 2.15 bits per heavy atom. The second-order valence-corrected chi connectivity index (χ2v) is 5.30. The minimum atomic E-state index is 0.500. The van der Waals surface area contributed by atoms with Crippen molar-refractivity contribution in [3.05, 3.63) is 30.1 Å². The summed E-state index contributed by atoms with van der Waals surface area (Å²) in [5, 5.41) is 14.8. The van der Waals surface area contributed by atoms with Crippen LogP contribution in [0.4, 0.5) is 5.69 Å². The van der Waals surface area contributed by atoms with Gasteiger partial charge in [-0.15, -0.1) is 5.10 Å². The fraction of sp³-hybridized carbons (Fsp3) is 0.533. The van der Waals surface area contributed by atoms with Gasteiger partial charge in [0, 0.05) is 11.7 Å². The lowest BCUT2D eigenvalue weighted by Crippen LogP contribution is -2.15. The third-order valence-corrected chi connectivity index (χ3v) is 3.45. The average Bonchev–Trinajstić information content (AvgIpc) is 2.93. The van der Waals surface area contributed by atoms with Gasteiger partial charge in [-0.25, -0.2) is 4.68 Å². The fourth-order valence-electron chi connectivity index (χ4n) is 2.33. The van der Waals surface area contributed by atoms with Crippen molar-refractivity contribution in [1.29, 1.82) is 0 Å². The van der Waals surface area contributed by atoms with Crippen LogP contribution in [0.25, 0.3) is 5.69 Å². The summed E-state index contributed by atoms with van der Waals surface area (Å²) in [7, 11) is 0. The van der Waals surface area contributed by atoms with E-state index in [0.717, 1.165) is 16.9 Å². The van der Waals surface area contributed by atoms with Crippen molar-refractivity contribution in [2.75, 3.05) is 5.32 Å². The molecule has 108 valence electrons. The molecule has 1 aromatic heterocycles. The molecule has 0 radical (unpaired) electrons. The molecule has 1 atom stereocenters. The van der Waals surface area contributed by atoms with Crippen LogP contribution in [0.15, 0.2) is 24.5 Å². The summed E-state index contributed by atoms with van der Waals surface area (Å²) in [5.41, 5.74) is 3.32. The molecule has 0 aliphatic rings. The van der Waals surface area contributed by atoms with E-state index in [9.17, 15) is 0 Å². The van der Waals surface area contributed by atoms with Gasteiger partial charge < -0.3 is 5.32 Å². The third-order valence-electron chi connectivity index (χ3n) is 3.45. The normalized spacial score (nSPS) is 12.3. The standard InChI is InChI=1S/C15H23N5/c1-4-5-6-7-13(3)17-14-8-9-15(12(2)10-14)20-11-16-18-19-20/h8-11,13,17H,4-7H2,1-3H3. The summed E-state index contributed by atoms with van der Waals surface area (Å²) in [5.74, 6) is 0. The SMILES string of the molecule is CCCCCC(C)Nc1ccc(-n2cnnn2)c(C)c1. The molecular weight excluding hydrogens is 250 g/mol. The first kappa shape index (κ1) is 14.5. The van der Waals surface area contributed by atoms with Crippen molar-refractivity contribution in [2.24, 2.45) is 0 Å². The van der Waals surface area contributed by atoms with Crippen LogP contribution in [0.5, 0.6) is 0 Å². The zero-order chi connectivity index (χ0) is 14.4. The average molecular weight is 273 g/mol. The van der Waals surface area contributed by atoms with Gasteiger partial charge in [-0.3, -0.25) is 0 Å². The van der Waals surface area contributed by atoms with E-state index >= 15 is 0 Å². The highest BCUT2D eigenvalue weighted by Gasteiger charge is 2.06. The Bertz CT molecular complexity index is 521. The number of tetrazole rings is 1. The van der Waals surface area contributed by atoms with Crippen LogP contribution in [-0.2, 0) is 0 Å². The monoisotopic (exact) mass is 273 g/mol. The number of aryl methyl sites for hydroxylation is 1. The molecule has 1 heterocycles. The van der Waals surface area contributed by atoms with Crippen molar-refractivity contribution in [3.63, 3.8) is 0 Å². The summed E-state index contributed by atoms with van der Waals surface area (Å²) in [4.78, 5) is 0. The number of nitrogens with zero attached hydrogens (tertiary/aromatic N) is 4. The number of rotatable bonds is 7. The molecular formula is C15H23N5.